The van der Waals surface area contributed by atoms with Crippen molar-refractivity contribution in [2.24, 2.45) is 0 Å². The summed E-state index contributed by atoms with van der Waals surface area (Å²) in [5.41, 5.74) is -0.690. The highest BCUT2D eigenvalue weighted by Crippen LogP contribution is 2.23. The third kappa shape index (κ3) is 3.77. The van der Waals surface area contributed by atoms with Gasteiger partial charge in [-0.15, -0.1) is 0 Å². The van der Waals surface area contributed by atoms with E-state index in [1.807, 2.05) is 0 Å². The van der Waals surface area contributed by atoms with Crippen LogP contribution in [0.1, 0.15) is 28.9 Å². The molecule has 0 aliphatic carbocycles. The van der Waals surface area contributed by atoms with Gasteiger partial charge in [-0.2, -0.15) is 0 Å². The number of nitrogens with one attached hydrogen (secondary N) is 1. The predicted molar refractivity (Wildman–Crippen MR) is 87.2 cm³/mol. The number of rotatable bonds is 5. The minimum absolute atomic E-state index is 0.0580. The Morgan fingerprint density at radius 2 is 2.00 bits per heavy atom. The number of aliphatic hydroxyl groups is 1. The number of aromatic nitrogens is 1. The van der Waals surface area contributed by atoms with Gasteiger partial charge in [-0.05, 0) is 50.2 Å². The molecule has 0 spiro atoms. The van der Waals surface area contributed by atoms with Gasteiger partial charge in [0.15, 0.2) is 11.5 Å². The Kier molecular flexibility index (Phi) is 4.41. The largest absolute Gasteiger partial charge is 0.463 e. The van der Waals surface area contributed by atoms with E-state index in [9.17, 15) is 14.3 Å². The van der Waals surface area contributed by atoms with E-state index in [2.05, 4.69) is 10.5 Å². The summed E-state index contributed by atoms with van der Waals surface area (Å²) < 4.78 is 23.5. The topological polar surface area (TPSA) is 88.5 Å². The first-order valence-electron chi connectivity index (χ1n) is 7.65. The number of furan rings is 1. The maximum atomic E-state index is 12.9. The molecule has 2 heterocycles. The quantitative estimate of drug-likeness (QED) is 0.743. The number of aryl methyl sites for hydroxylation is 1. The fraction of sp³-hybridized carbons (Fsp3) is 0.222. The van der Waals surface area contributed by atoms with Crippen molar-refractivity contribution < 1.29 is 23.2 Å². The molecule has 0 saturated carbocycles. The molecule has 25 heavy (non-hydrogen) atoms. The van der Waals surface area contributed by atoms with E-state index in [0.717, 1.165) is 0 Å². The van der Waals surface area contributed by atoms with Gasteiger partial charge in [0.25, 0.3) is 5.91 Å². The number of hydrogen-bond donors (Lipinski definition) is 2. The second kappa shape index (κ2) is 6.52. The lowest BCUT2D eigenvalue weighted by Gasteiger charge is -2.20. The van der Waals surface area contributed by atoms with Crippen molar-refractivity contribution in [2.75, 3.05) is 6.54 Å². The molecular formula is C18H17FN2O4. The van der Waals surface area contributed by atoms with Crippen molar-refractivity contribution in [3.05, 3.63) is 65.5 Å². The van der Waals surface area contributed by atoms with Gasteiger partial charge >= 0.3 is 0 Å². The first kappa shape index (κ1) is 16.9. The Labute approximate surface area is 143 Å². The van der Waals surface area contributed by atoms with Crippen LogP contribution in [-0.2, 0) is 5.60 Å². The summed E-state index contributed by atoms with van der Waals surface area (Å²) in [6, 6.07) is 10.5. The van der Waals surface area contributed by atoms with Crippen LogP contribution in [0.4, 0.5) is 4.39 Å². The molecule has 0 fully saturated rings. The van der Waals surface area contributed by atoms with E-state index in [-0.39, 0.29) is 18.1 Å². The SMILES string of the molecule is Cc1ccc(C(C)(O)CNC(=O)c2cc(-c3ccc(F)cc3)on2)o1. The lowest BCUT2D eigenvalue weighted by molar-refractivity contribution is 0.0322. The first-order chi connectivity index (χ1) is 11.8. The van der Waals surface area contributed by atoms with Crippen LogP contribution in [0.2, 0.25) is 0 Å². The molecule has 0 saturated heterocycles. The maximum Gasteiger partial charge on any atom is 0.273 e. The number of carbonyl (C=O) groups is 1. The normalized spacial score (nSPS) is 13.4. The summed E-state index contributed by atoms with van der Waals surface area (Å²) in [5, 5.41) is 16.7. The van der Waals surface area contributed by atoms with Crippen molar-refractivity contribution in [3.63, 3.8) is 0 Å². The Bertz CT molecular complexity index is 881. The van der Waals surface area contributed by atoms with E-state index >= 15 is 0 Å². The lowest BCUT2D eigenvalue weighted by atomic mass is 10.0. The van der Waals surface area contributed by atoms with Crippen LogP contribution in [0.15, 0.2) is 51.4 Å². The van der Waals surface area contributed by atoms with Gasteiger partial charge in [0.1, 0.15) is 22.9 Å². The number of nitrogens with zero attached hydrogens (tertiary/aromatic N) is 1. The van der Waals surface area contributed by atoms with E-state index in [1.165, 1.54) is 37.3 Å². The number of carbonyl (C=O) groups excluding carboxylic acids is 1. The van der Waals surface area contributed by atoms with Gasteiger partial charge in [-0.1, -0.05) is 5.16 Å². The zero-order valence-corrected chi connectivity index (χ0v) is 13.7. The molecule has 3 rings (SSSR count). The molecule has 1 amide bonds. The average molecular weight is 344 g/mol. The van der Waals surface area contributed by atoms with Gasteiger partial charge in [-0.3, -0.25) is 4.79 Å². The van der Waals surface area contributed by atoms with Gasteiger partial charge in [0.05, 0.1) is 6.54 Å². The zero-order valence-electron chi connectivity index (χ0n) is 13.7. The first-order valence-corrected chi connectivity index (χ1v) is 7.65. The second-order valence-electron chi connectivity index (χ2n) is 5.95. The molecule has 0 aliphatic rings. The summed E-state index contributed by atoms with van der Waals surface area (Å²) >= 11 is 0. The van der Waals surface area contributed by atoms with Crippen molar-refractivity contribution in [1.29, 1.82) is 0 Å². The Morgan fingerprint density at radius 3 is 2.64 bits per heavy atom. The molecule has 7 heteroatoms. The van der Waals surface area contributed by atoms with Crippen LogP contribution in [0, 0.1) is 12.7 Å². The molecule has 0 radical (unpaired) electrons. The monoisotopic (exact) mass is 344 g/mol. The van der Waals surface area contributed by atoms with Gasteiger partial charge in [-0.25, -0.2) is 4.39 Å². The molecule has 6 nitrogen and oxygen atoms in total. The highest BCUT2D eigenvalue weighted by Gasteiger charge is 2.28. The summed E-state index contributed by atoms with van der Waals surface area (Å²) in [5.74, 6) is 0.510. The van der Waals surface area contributed by atoms with E-state index in [1.54, 1.807) is 19.1 Å². The summed E-state index contributed by atoms with van der Waals surface area (Å²) in [7, 11) is 0. The minimum atomic E-state index is -1.35. The third-order valence-electron chi connectivity index (χ3n) is 3.74. The number of amides is 1. The minimum Gasteiger partial charge on any atom is -0.463 e. The molecule has 0 aliphatic heterocycles. The van der Waals surface area contributed by atoms with Gasteiger partial charge in [0.2, 0.25) is 0 Å². The predicted octanol–water partition coefficient (Wildman–Crippen LogP) is 3.02. The van der Waals surface area contributed by atoms with Crippen LogP contribution >= 0.6 is 0 Å². The lowest BCUT2D eigenvalue weighted by Crippen LogP contribution is -2.38. The van der Waals surface area contributed by atoms with Crippen LogP contribution < -0.4 is 5.32 Å². The van der Waals surface area contributed by atoms with E-state index < -0.39 is 11.5 Å². The standard InChI is InChI=1S/C18H17FN2O4/c1-11-3-8-16(24-11)18(2,23)10-20-17(22)14-9-15(25-21-14)12-4-6-13(19)7-5-12/h3-9,23H,10H2,1-2H3,(H,20,22). The molecule has 130 valence electrons. The average Bonchev–Trinajstić information content (AvgIpc) is 3.23. The fourth-order valence-corrected chi connectivity index (χ4v) is 2.29. The molecule has 1 unspecified atom stereocenters. The molecule has 1 aromatic carbocycles. The molecule has 0 bridgehead atoms. The Morgan fingerprint density at radius 1 is 1.28 bits per heavy atom. The number of hydrogen-bond acceptors (Lipinski definition) is 5. The molecule has 1 atom stereocenters. The van der Waals surface area contributed by atoms with Crippen LogP contribution in [0.3, 0.4) is 0 Å². The Hall–Kier alpha value is -2.93. The van der Waals surface area contributed by atoms with Crippen LogP contribution in [0.5, 0.6) is 0 Å². The Balaban J connectivity index is 1.67. The zero-order chi connectivity index (χ0) is 18.0. The molecular weight excluding hydrogens is 327 g/mol. The molecule has 2 aromatic heterocycles. The number of halogens is 1. The van der Waals surface area contributed by atoms with Crippen LogP contribution in [0.25, 0.3) is 11.3 Å². The summed E-state index contributed by atoms with van der Waals surface area (Å²) in [6.45, 7) is 3.25. The molecule has 2 N–H and O–H groups in total. The van der Waals surface area contributed by atoms with Crippen LogP contribution in [-0.4, -0.2) is 22.7 Å². The summed E-state index contributed by atoms with van der Waals surface area (Å²) in [6.07, 6.45) is 0. The van der Waals surface area contributed by atoms with Gasteiger partial charge in [0, 0.05) is 11.6 Å². The highest BCUT2D eigenvalue weighted by molar-refractivity contribution is 5.93. The summed E-state index contributed by atoms with van der Waals surface area (Å²) in [4.78, 5) is 12.2. The van der Waals surface area contributed by atoms with Crippen molar-refractivity contribution in [2.45, 2.75) is 19.4 Å². The van der Waals surface area contributed by atoms with Crippen molar-refractivity contribution in [1.82, 2.24) is 10.5 Å². The second-order valence-corrected chi connectivity index (χ2v) is 5.95. The highest BCUT2D eigenvalue weighted by atomic mass is 19.1. The van der Waals surface area contributed by atoms with Gasteiger partial charge < -0.3 is 19.4 Å². The van der Waals surface area contributed by atoms with E-state index in [0.29, 0.717) is 22.8 Å². The van der Waals surface area contributed by atoms with E-state index in [4.69, 9.17) is 8.94 Å². The smallest absolute Gasteiger partial charge is 0.273 e. The van der Waals surface area contributed by atoms with Crippen molar-refractivity contribution >= 4 is 5.91 Å². The fourth-order valence-electron chi connectivity index (χ4n) is 2.29. The maximum absolute atomic E-state index is 12.9. The molecule has 3 aromatic rings. The number of benzene rings is 1. The van der Waals surface area contributed by atoms with Crippen molar-refractivity contribution in [3.8, 4) is 11.3 Å². The third-order valence-corrected chi connectivity index (χ3v) is 3.74.